The normalized spacial score (nSPS) is 11.0. The van der Waals surface area contributed by atoms with Gasteiger partial charge < -0.3 is 5.32 Å². The summed E-state index contributed by atoms with van der Waals surface area (Å²) >= 11 is 5.90. The Morgan fingerprint density at radius 3 is 2.27 bits per heavy atom. The lowest BCUT2D eigenvalue weighted by Crippen LogP contribution is -2.15. The maximum atomic E-state index is 12.4. The summed E-state index contributed by atoms with van der Waals surface area (Å²) in [6, 6.07) is 11.0. The minimum absolute atomic E-state index is 0.131. The van der Waals surface area contributed by atoms with E-state index in [0.717, 1.165) is 5.56 Å². The smallest absolute Gasteiger partial charge is 0.261 e. The third-order valence-corrected chi connectivity index (χ3v) is 4.48. The molecule has 5 nitrogen and oxygen atoms in total. The largest absolute Gasteiger partial charge is 0.325 e. The maximum absolute atomic E-state index is 12.4. The van der Waals surface area contributed by atoms with Crippen molar-refractivity contribution in [2.75, 3.05) is 10.0 Å². The maximum Gasteiger partial charge on any atom is 0.261 e. The molecule has 0 spiro atoms. The monoisotopic (exact) mass is 338 g/mol. The van der Waals surface area contributed by atoms with Crippen molar-refractivity contribution in [3.05, 3.63) is 53.1 Å². The molecule has 0 fully saturated rings. The topological polar surface area (TPSA) is 75.3 Å². The molecule has 0 atom stereocenters. The van der Waals surface area contributed by atoms with E-state index in [0.29, 0.717) is 10.7 Å². The fourth-order valence-corrected chi connectivity index (χ4v) is 3.06. The molecule has 0 aliphatic carbocycles. The van der Waals surface area contributed by atoms with Gasteiger partial charge in [0.25, 0.3) is 10.0 Å². The summed E-state index contributed by atoms with van der Waals surface area (Å²) in [7, 11) is -3.77. The van der Waals surface area contributed by atoms with E-state index in [-0.39, 0.29) is 16.5 Å². The first-order chi connectivity index (χ1) is 10.3. The lowest BCUT2D eigenvalue weighted by molar-refractivity contribution is -0.114. The first-order valence-electron chi connectivity index (χ1n) is 6.44. The number of carbonyl (C=O) groups is 1. The molecule has 0 saturated carbocycles. The highest BCUT2D eigenvalue weighted by atomic mass is 35.5. The van der Waals surface area contributed by atoms with Gasteiger partial charge in [-0.15, -0.1) is 0 Å². The number of anilines is 2. The van der Waals surface area contributed by atoms with Gasteiger partial charge in [-0.25, -0.2) is 8.42 Å². The SMILES string of the molecule is CC(=O)Nc1ccc(Cl)cc1NS(=O)(=O)c1ccc(C)cc1. The number of sulfonamides is 1. The van der Waals surface area contributed by atoms with Crippen LogP contribution in [0.3, 0.4) is 0 Å². The fourth-order valence-electron chi connectivity index (χ4n) is 1.82. The first kappa shape index (κ1) is 16.3. The molecule has 0 unspecified atom stereocenters. The van der Waals surface area contributed by atoms with Crippen molar-refractivity contribution in [2.24, 2.45) is 0 Å². The molecule has 0 radical (unpaired) electrons. The van der Waals surface area contributed by atoms with Gasteiger partial charge in [-0.05, 0) is 37.3 Å². The minimum atomic E-state index is -3.77. The van der Waals surface area contributed by atoms with Gasteiger partial charge in [0.1, 0.15) is 0 Å². The Morgan fingerprint density at radius 2 is 1.68 bits per heavy atom. The Hall–Kier alpha value is -2.05. The van der Waals surface area contributed by atoms with E-state index >= 15 is 0 Å². The van der Waals surface area contributed by atoms with Crippen LogP contribution in [0.15, 0.2) is 47.4 Å². The van der Waals surface area contributed by atoms with Crippen LogP contribution in [0.4, 0.5) is 11.4 Å². The number of rotatable bonds is 4. The van der Waals surface area contributed by atoms with Crippen LogP contribution in [0.5, 0.6) is 0 Å². The van der Waals surface area contributed by atoms with Crippen LogP contribution in [-0.2, 0) is 14.8 Å². The lowest BCUT2D eigenvalue weighted by Gasteiger charge is -2.13. The summed E-state index contributed by atoms with van der Waals surface area (Å²) < 4.78 is 27.2. The van der Waals surface area contributed by atoms with Crippen molar-refractivity contribution < 1.29 is 13.2 Å². The second kappa shape index (κ2) is 6.37. The molecule has 2 rings (SSSR count). The van der Waals surface area contributed by atoms with Gasteiger partial charge in [-0.3, -0.25) is 9.52 Å². The highest BCUT2D eigenvalue weighted by Crippen LogP contribution is 2.28. The van der Waals surface area contributed by atoms with E-state index in [9.17, 15) is 13.2 Å². The third-order valence-electron chi connectivity index (χ3n) is 2.87. The molecule has 0 heterocycles. The van der Waals surface area contributed by atoms with Gasteiger partial charge in [-0.2, -0.15) is 0 Å². The molecule has 0 aliphatic heterocycles. The lowest BCUT2D eigenvalue weighted by atomic mass is 10.2. The Balaban J connectivity index is 2.38. The summed E-state index contributed by atoms with van der Waals surface area (Å²) in [5.74, 6) is -0.307. The predicted octanol–water partition coefficient (Wildman–Crippen LogP) is 3.41. The molecule has 116 valence electrons. The molecule has 2 aromatic carbocycles. The summed E-state index contributed by atoms with van der Waals surface area (Å²) in [5, 5.41) is 2.92. The van der Waals surface area contributed by atoms with Crippen LogP contribution in [0.2, 0.25) is 5.02 Å². The van der Waals surface area contributed by atoms with Gasteiger partial charge in [0, 0.05) is 11.9 Å². The second-order valence-electron chi connectivity index (χ2n) is 4.79. The molecule has 0 saturated heterocycles. The highest BCUT2D eigenvalue weighted by Gasteiger charge is 2.16. The number of amides is 1. The molecule has 0 bridgehead atoms. The van der Waals surface area contributed by atoms with Crippen LogP contribution < -0.4 is 10.0 Å². The number of benzene rings is 2. The molecule has 2 N–H and O–H groups in total. The molecular weight excluding hydrogens is 324 g/mol. The number of hydrogen-bond acceptors (Lipinski definition) is 3. The predicted molar refractivity (Wildman–Crippen MR) is 87.7 cm³/mol. The van der Waals surface area contributed by atoms with E-state index in [1.807, 2.05) is 6.92 Å². The van der Waals surface area contributed by atoms with Crippen molar-refractivity contribution in [3.8, 4) is 0 Å². The Kier molecular flexibility index (Phi) is 4.73. The van der Waals surface area contributed by atoms with Crippen LogP contribution in [0.1, 0.15) is 12.5 Å². The summed E-state index contributed by atoms with van der Waals surface area (Å²) in [4.78, 5) is 11.3. The zero-order valence-electron chi connectivity index (χ0n) is 12.1. The second-order valence-corrected chi connectivity index (χ2v) is 6.91. The van der Waals surface area contributed by atoms with Gasteiger partial charge in [0.05, 0.1) is 16.3 Å². The summed E-state index contributed by atoms with van der Waals surface area (Å²) in [6.07, 6.45) is 0. The van der Waals surface area contributed by atoms with E-state index in [2.05, 4.69) is 10.0 Å². The average Bonchev–Trinajstić information content (AvgIpc) is 2.41. The van der Waals surface area contributed by atoms with E-state index in [1.54, 1.807) is 18.2 Å². The standard InChI is InChI=1S/C15H15ClN2O3S/c1-10-3-6-13(7-4-10)22(20,21)18-15-9-12(16)5-8-14(15)17-11(2)19/h3-9,18H,1-2H3,(H,17,19). The summed E-state index contributed by atoms with van der Waals surface area (Å²) in [6.45, 7) is 3.21. The summed E-state index contributed by atoms with van der Waals surface area (Å²) in [5.41, 5.74) is 1.51. The van der Waals surface area contributed by atoms with Crippen LogP contribution in [0.25, 0.3) is 0 Å². The van der Waals surface area contributed by atoms with Crippen LogP contribution in [-0.4, -0.2) is 14.3 Å². The quantitative estimate of drug-likeness (QED) is 0.897. The first-order valence-corrected chi connectivity index (χ1v) is 8.31. The molecular formula is C15H15ClN2O3S. The molecule has 2 aromatic rings. The number of carbonyl (C=O) groups excluding carboxylic acids is 1. The third kappa shape index (κ3) is 3.99. The van der Waals surface area contributed by atoms with Crippen LogP contribution in [0, 0.1) is 6.92 Å². The highest BCUT2D eigenvalue weighted by molar-refractivity contribution is 7.92. The zero-order valence-corrected chi connectivity index (χ0v) is 13.6. The van der Waals surface area contributed by atoms with Crippen LogP contribution >= 0.6 is 11.6 Å². The molecule has 0 aliphatic rings. The molecule has 1 amide bonds. The van der Waals surface area contributed by atoms with Gasteiger partial charge in [0.2, 0.25) is 5.91 Å². The van der Waals surface area contributed by atoms with E-state index in [1.165, 1.54) is 31.2 Å². The van der Waals surface area contributed by atoms with Crippen molar-refractivity contribution in [2.45, 2.75) is 18.7 Å². The van der Waals surface area contributed by atoms with Crippen molar-refractivity contribution >= 4 is 38.9 Å². The van der Waals surface area contributed by atoms with Crippen molar-refractivity contribution in [3.63, 3.8) is 0 Å². The average molecular weight is 339 g/mol. The molecule has 7 heteroatoms. The van der Waals surface area contributed by atoms with Crippen molar-refractivity contribution in [1.82, 2.24) is 0 Å². The Morgan fingerprint density at radius 1 is 1.05 bits per heavy atom. The van der Waals surface area contributed by atoms with E-state index in [4.69, 9.17) is 11.6 Å². The number of halogens is 1. The zero-order chi connectivity index (χ0) is 16.3. The number of aryl methyl sites for hydroxylation is 1. The Bertz CT molecular complexity index is 802. The van der Waals surface area contributed by atoms with Gasteiger partial charge in [0.15, 0.2) is 0 Å². The van der Waals surface area contributed by atoms with Gasteiger partial charge in [-0.1, -0.05) is 29.3 Å². The van der Waals surface area contributed by atoms with Gasteiger partial charge >= 0.3 is 0 Å². The molecule has 0 aromatic heterocycles. The molecule has 22 heavy (non-hydrogen) atoms. The Labute approximate surface area is 134 Å². The fraction of sp³-hybridized carbons (Fsp3) is 0.133. The number of nitrogens with one attached hydrogen (secondary N) is 2. The van der Waals surface area contributed by atoms with Crippen molar-refractivity contribution in [1.29, 1.82) is 0 Å². The van der Waals surface area contributed by atoms with E-state index < -0.39 is 10.0 Å². The minimum Gasteiger partial charge on any atom is -0.325 e. The number of hydrogen-bond donors (Lipinski definition) is 2.